The van der Waals surface area contributed by atoms with Gasteiger partial charge in [0.15, 0.2) is 0 Å². The summed E-state index contributed by atoms with van der Waals surface area (Å²) in [6.07, 6.45) is 3.81. The Morgan fingerprint density at radius 1 is 1.08 bits per heavy atom. The second-order valence-corrected chi connectivity index (χ2v) is 10.1. The zero-order valence-electron chi connectivity index (χ0n) is 21.2. The number of nitrogens with zero attached hydrogens (tertiary/aromatic N) is 4. The van der Waals surface area contributed by atoms with Crippen LogP contribution < -0.4 is 25.6 Å². The number of nitrogens with one attached hydrogen (secondary N) is 2. The quantitative estimate of drug-likeness (QED) is 0.400. The first-order valence-corrected chi connectivity index (χ1v) is 13.1. The topological polar surface area (TPSA) is 87.3 Å². The first kappa shape index (κ1) is 26.7. The Kier molecular flexibility index (Phi) is 8.41. The highest BCUT2D eigenvalue weighted by Gasteiger charge is 2.43. The van der Waals surface area contributed by atoms with Gasteiger partial charge < -0.3 is 15.4 Å². The van der Waals surface area contributed by atoms with E-state index in [1.165, 1.54) is 37.8 Å². The lowest BCUT2D eigenvalue weighted by Crippen LogP contribution is -2.68. The number of likely N-dealkylation sites (N-methyl/N-ethyl adjacent to an activating group) is 1. The number of hydrogen-bond donors (Lipinski definition) is 3. The van der Waals surface area contributed by atoms with E-state index in [1.54, 1.807) is 12.1 Å². The van der Waals surface area contributed by atoms with Crippen molar-refractivity contribution < 1.29 is 17.9 Å². The van der Waals surface area contributed by atoms with Gasteiger partial charge in [-0.05, 0) is 50.9 Å². The number of aliphatic imine (C=N–C) groups is 2. The molecule has 3 aliphatic rings. The van der Waals surface area contributed by atoms with Crippen LogP contribution in [0.5, 0.6) is 5.75 Å². The maximum atomic E-state index is 12.7. The summed E-state index contributed by atoms with van der Waals surface area (Å²) in [6, 6.07) is 6.48. The first-order chi connectivity index (χ1) is 17.2. The molecule has 11 heteroatoms. The Balaban J connectivity index is 1.58. The maximum Gasteiger partial charge on any atom is 0.573 e. The van der Waals surface area contributed by atoms with Crippen LogP contribution in [0.4, 0.5) is 18.9 Å². The summed E-state index contributed by atoms with van der Waals surface area (Å²) in [5, 5.41) is 7.06. The summed E-state index contributed by atoms with van der Waals surface area (Å²) >= 11 is 0. The molecular weight excluding hydrogens is 471 g/mol. The third-order valence-corrected chi connectivity index (χ3v) is 7.63. The van der Waals surface area contributed by atoms with Crippen molar-refractivity contribution in [2.24, 2.45) is 15.7 Å². The van der Waals surface area contributed by atoms with Crippen LogP contribution in [0, 0.1) is 0 Å². The smallest absolute Gasteiger partial charge is 0.406 e. The molecular formula is C25H39F3N7O+. The number of ether oxygens (including phenoxy) is 1. The lowest BCUT2D eigenvalue weighted by atomic mass is 10.1. The molecule has 3 unspecified atom stereocenters. The highest BCUT2D eigenvalue weighted by molar-refractivity contribution is 6.02. The van der Waals surface area contributed by atoms with Crippen LogP contribution in [0.25, 0.3) is 0 Å². The number of quaternary nitrogens is 1. The number of alkyl halides is 3. The predicted molar refractivity (Wildman–Crippen MR) is 137 cm³/mol. The summed E-state index contributed by atoms with van der Waals surface area (Å²) in [5.41, 5.74) is 7.31. The molecule has 0 amide bonds. The molecule has 4 N–H and O–H groups in total. The molecule has 2 fully saturated rings. The lowest BCUT2D eigenvalue weighted by molar-refractivity contribution is -0.274. The van der Waals surface area contributed by atoms with Crippen LogP contribution in [0.3, 0.4) is 0 Å². The SMILES string of the molecule is CCN1CCCC1CNC1=NC(NC2CCCCCC2)=NC(N)[N+]1(C)c1ccc(OC(F)(F)F)cc1. The highest BCUT2D eigenvalue weighted by atomic mass is 19.4. The number of halogens is 3. The Hall–Kier alpha value is -2.37. The molecule has 4 rings (SSSR count). The second kappa shape index (κ2) is 11.4. The van der Waals surface area contributed by atoms with Gasteiger partial charge in [0, 0.05) is 30.8 Å². The van der Waals surface area contributed by atoms with Crippen molar-refractivity contribution in [3.63, 3.8) is 0 Å². The van der Waals surface area contributed by atoms with Crippen molar-refractivity contribution in [2.75, 3.05) is 26.7 Å². The molecule has 1 saturated heterocycles. The van der Waals surface area contributed by atoms with E-state index in [0.29, 0.717) is 36.2 Å². The van der Waals surface area contributed by atoms with E-state index in [1.807, 2.05) is 7.05 Å². The third-order valence-electron chi connectivity index (χ3n) is 7.63. The number of likely N-dealkylation sites (tertiary alicyclic amines) is 1. The van der Waals surface area contributed by atoms with Crippen LogP contribution in [-0.2, 0) is 0 Å². The molecule has 0 bridgehead atoms. The summed E-state index contributed by atoms with van der Waals surface area (Å²) in [5.74, 6) is 0.864. The summed E-state index contributed by atoms with van der Waals surface area (Å²) in [7, 11) is 1.88. The van der Waals surface area contributed by atoms with Gasteiger partial charge in [-0.2, -0.15) is 9.48 Å². The lowest BCUT2D eigenvalue weighted by Gasteiger charge is -2.39. The molecule has 0 radical (unpaired) electrons. The van der Waals surface area contributed by atoms with Crippen LogP contribution in [-0.4, -0.2) is 68.2 Å². The summed E-state index contributed by atoms with van der Waals surface area (Å²) in [4.78, 5) is 12.0. The van der Waals surface area contributed by atoms with Gasteiger partial charge in [0.25, 0.3) is 6.29 Å². The first-order valence-electron chi connectivity index (χ1n) is 13.1. The third kappa shape index (κ3) is 6.30. The molecule has 0 spiro atoms. The minimum Gasteiger partial charge on any atom is -0.406 e. The minimum atomic E-state index is -4.75. The molecule has 200 valence electrons. The zero-order chi connectivity index (χ0) is 25.8. The van der Waals surface area contributed by atoms with Crippen LogP contribution in [0.15, 0.2) is 34.3 Å². The van der Waals surface area contributed by atoms with Gasteiger partial charge in [-0.3, -0.25) is 10.6 Å². The van der Waals surface area contributed by atoms with Gasteiger partial charge in [0.1, 0.15) is 11.4 Å². The van der Waals surface area contributed by atoms with Gasteiger partial charge >= 0.3 is 12.3 Å². The molecule has 2 aliphatic heterocycles. The van der Waals surface area contributed by atoms with E-state index in [9.17, 15) is 13.2 Å². The molecule has 0 aromatic heterocycles. The van der Waals surface area contributed by atoms with Crippen molar-refractivity contribution >= 4 is 17.6 Å². The minimum absolute atomic E-state index is 0.0149. The van der Waals surface area contributed by atoms with Gasteiger partial charge in [0.2, 0.25) is 5.96 Å². The van der Waals surface area contributed by atoms with E-state index in [2.05, 4.69) is 32.2 Å². The van der Waals surface area contributed by atoms with Crippen molar-refractivity contribution in [1.82, 2.24) is 20.0 Å². The van der Waals surface area contributed by atoms with E-state index in [4.69, 9.17) is 10.7 Å². The molecule has 3 atom stereocenters. The summed E-state index contributed by atoms with van der Waals surface area (Å²) < 4.78 is 42.1. The zero-order valence-corrected chi connectivity index (χ0v) is 21.2. The van der Waals surface area contributed by atoms with Gasteiger partial charge in [-0.1, -0.05) is 32.6 Å². The van der Waals surface area contributed by atoms with Gasteiger partial charge in [0.05, 0.1) is 7.05 Å². The number of guanidine groups is 2. The standard InChI is InChI=1S/C25H39F3N7O/c1-3-34-16-8-11-19(34)17-30-24-33-23(31-18-9-6-4-5-7-10-18)32-22(29)35(24,2)20-12-14-21(15-13-20)36-25(26,27)28/h12-15,18-19,22H,3-11,16-17,29H2,1-2H3,(H2,30,31,32,33)/q+1. The second-order valence-electron chi connectivity index (χ2n) is 10.1. The van der Waals surface area contributed by atoms with Crippen molar-refractivity contribution in [1.29, 1.82) is 0 Å². The summed E-state index contributed by atoms with van der Waals surface area (Å²) in [6.45, 7) is 4.94. The van der Waals surface area contributed by atoms with E-state index in [-0.39, 0.29) is 10.2 Å². The predicted octanol–water partition coefficient (Wildman–Crippen LogP) is 3.88. The number of nitrogens with two attached hydrogens (primary N) is 1. The molecule has 1 saturated carbocycles. The maximum absolute atomic E-state index is 12.7. The molecule has 1 aliphatic carbocycles. The normalized spacial score (nSPS) is 28.3. The van der Waals surface area contributed by atoms with E-state index < -0.39 is 12.7 Å². The average molecular weight is 511 g/mol. The Bertz CT molecular complexity index is 929. The number of hydrogen-bond acceptors (Lipinski definition) is 7. The molecule has 36 heavy (non-hydrogen) atoms. The Morgan fingerprint density at radius 2 is 1.78 bits per heavy atom. The highest BCUT2D eigenvalue weighted by Crippen LogP contribution is 2.31. The van der Waals surface area contributed by atoms with Crippen LogP contribution in [0.2, 0.25) is 0 Å². The number of rotatable bonds is 6. The fourth-order valence-corrected chi connectivity index (χ4v) is 5.46. The van der Waals surface area contributed by atoms with Crippen molar-refractivity contribution in [3.8, 4) is 5.75 Å². The van der Waals surface area contributed by atoms with E-state index in [0.717, 1.165) is 38.8 Å². The molecule has 1 aromatic carbocycles. The fourth-order valence-electron chi connectivity index (χ4n) is 5.46. The van der Waals surface area contributed by atoms with E-state index >= 15 is 0 Å². The number of benzene rings is 1. The Labute approximate surface area is 211 Å². The van der Waals surface area contributed by atoms with Gasteiger partial charge in [-0.25, -0.2) is 0 Å². The van der Waals surface area contributed by atoms with Crippen molar-refractivity contribution in [3.05, 3.63) is 24.3 Å². The largest absolute Gasteiger partial charge is 0.573 e. The molecule has 8 nitrogen and oxygen atoms in total. The molecule has 2 heterocycles. The van der Waals surface area contributed by atoms with Crippen LogP contribution >= 0.6 is 0 Å². The van der Waals surface area contributed by atoms with Gasteiger partial charge in [-0.15, -0.1) is 18.2 Å². The molecule has 1 aromatic rings. The average Bonchev–Trinajstić information content (AvgIpc) is 3.14. The monoisotopic (exact) mass is 510 g/mol. The van der Waals surface area contributed by atoms with Crippen molar-refractivity contribution in [2.45, 2.75) is 83.0 Å². The fraction of sp³-hybridized carbons (Fsp3) is 0.680. The Morgan fingerprint density at radius 3 is 2.42 bits per heavy atom. The van der Waals surface area contributed by atoms with Crippen LogP contribution in [0.1, 0.15) is 58.3 Å².